The average Bonchev–Trinajstić information content (AvgIpc) is 3.19. The number of nitrogens with one attached hydrogen (secondary N) is 2. The zero-order chi connectivity index (χ0) is 26.6. The van der Waals surface area contributed by atoms with Crippen LogP contribution in [-0.2, 0) is 4.79 Å². The van der Waals surface area contributed by atoms with Crippen LogP contribution < -0.4 is 20.1 Å². The van der Waals surface area contributed by atoms with Crippen molar-refractivity contribution in [2.24, 2.45) is 0 Å². The number of fused-ring (bicyclic) bond motifs is 1. The van der Waals surface area contributed by atoms with E-state index in [0.29, 0.717) is 34.6 Å². The lowest BCUT2D eigenvalue weighted by molar-refractivity contribution is -0.153. The first-order chi connectivity index (χ1) is 17.5. The molecule has 1 atom stereocenters. The maximum Gasteiger partial charge on any atom is 0.422 e. The summed E-state index contributed by atoms with van der Waals surface area (Å²) < 4.78 is 67.1. The van der Waals surface area contributed by atoms with Crippen molar-refractivity contribution in [3.63, 3.8) is 0 Å². The lowest BCUT2D eigenvalue weighted by Crippen LogP contribution is -2.33. The number of methoxy groups -OCH3 is 1. The summed E-state index contributed by atoms with van der Waals surface area (Å²) in [6.07, 6.45) is 0.347. The molecule has 0 radical (unpaired) electrons. The average molecular weight is 539 g/mol. The molecule has 1 aliphatic heterocycles. The Kier molecular flexibility index (Phi) is 7.76. The molecule has 1 amide bonds. The largest absolute Gasteiger partial charge is 0.493 e. The van der Waals surface area contributed by atoms with Crippen LogP contribution in [-0.4, -0.2) is 62.4 Å². The third-order valence-electron chi connectivity index (χ3n) is 5.52. The third-order valence-corrected chi connectivity index (χ3v) is 7.35. The maximum atomic E-state index is 12.6. The fourth-order valence-corrected chi connectivity index (χ4v) is 5.49. The van der Waals surface area contributed by atoms with E-state index in [1.807, 2.05) is 0 Å². The zero-order valence-electron chi connectivity index (χ0n) is 19.7. The first-order valence-electron chi connectivity index (χ1n) is 11.1. The number of rotatable bonds is 8. The summed E-state index contributed by atoms with van der Waals surface area (Å²) in [4.78, 5) is 20.5. The van der Waals surface area contributed by atoms with E-state index in [1.165, 1.54) is 31.6 Å². The molecule has 1 aliphatic rings. The molecule has 13 heteroatoms. The molecule has 2 heterocycles. The number of nitrogens with zero attached hydrogens (tertiary/aromatic N) is 2. The van der Waals surface area contributed by atoms with Gasteiger partial charge in [-0.25, -0.2) is 9.97 Å². The molecule has 3 aromatic rings. The van der Waals surface area contributed by atoms with Crippen molar-refractivity contribution in [3.8, 4) is 11.5 Å². The molecule has 1 fully saturated rings. The van der Waals surface area contributed by atoms with E-state index in [-0.39, 0.29) is 29.2 Å². The van der Waals surface area contributed by atoms with Crippen molar-refractivity contribution in [2.75, 3.05) is 30.5 Å². The van der Waals surface area contributed by atoms with Gasteiger partial charge in [-0.1, -0.05) is 12.1 Å². The molecule has 9 nitrogen and oxygen atoms in total. The number of hydrogen-bond donors (Lipinski definition) is 4. The van der Waals surface area contributed by atoms with Gasteiger partial charge in [0, 0.05) is 35.0 Å². The number of anilines is 2. The molecule has 1 aromatic heterocycles. The standard InChI is InChI=1S/C24H25F3N4O5S/c1-35-20-10-18-19(11-21(20)36-13-24(25,26)27)28-14-29-23(18)31-16-5-2-15(3-6-16)4-7-22(32)30-17-8-9-37(33,34)12-17/h2-7,10-11,14,17,33-34H,8-9,12-13H2,1H3,(H,30,32)(H,28,29,31). The Morgan fingerprint density at radius 1 is 1.19 bits per heavy atom. The van der Waals surface area contributed by atoms with E-state index in [1.54, 1.807) is 30.3 Å². The molecule has 4 N–H and O–H groups in total. The molecule has 1 unspecified atom stereocenters. The van der Waals surface area contributed by atoms with E-state index in [4.69, 9.17) is 9.47 Å². The van der Waals surface area contributed by atoms with Crippen LogP contribution in [0.5, 0.6) is 11.5 Å². The van der Waals surface area contributed by atoms with Gasteiger partial charge in [0.05, 0.1) is 18.4 Å². The number of aromatic nitrogens is 2. The monoisotopic (exact) mass is 538 g/mol. The molecule has 1 saturated heterocycles. The quantitative estimate of drug-likeness (QED) is 0.296. The van der Waals surface area contributed by atoms with E-state index in [2.05, 4.69) is 20.6 Å². The number of ether oxygens (including phenoxy) is 2. The van der Waals surface area contributed by atoms with Gasteiger partial charge < -0.3 is 20.1 Å². The van der Waals surface area contributed by atoms with Gasteiger partial charge in [-0.2, -0.15) is 23.8 Å². The fourth-order valence-electron chi connectivity index (χ4n) is 3.76. The highest BCUT2D eigenvalue weighted by Crippen LogP contribution is 2.45. The van der Waals surface area contributed by atoms with Crippen LogP contribution >= 0.6 is 10.6 Å². The fraction of sp³-hybridized carbons (Fsp3) is 0.292. The summed E-state index contributed by atoms with van der Waals surface area (Å²) in [7, 11) is -1.25. The smallest absolute Gasteiger partial charge is 0.422 e. The van der Waals surface area contributed by atoms with Crippen molar-refractivity contribution in [3.05, 3.63) is 54.4 Å². The molecule has 0 bridgehead atoms. The van der Waals surface area contributed by atoms with Gasteiger partial charge in [-0.05, 0) is 36.3 Å². The van der Waals surface area contributed by atoms with Crippen molar-refractivity contribution >= 4 is 45.0 Å². The first kappa shape index (κ1) is 26.5. The summed E-state index contributed by atoms with van der Waals surface area (Å²) in [6, 6.07) is 9.73. The molecule has 4 rings (SSSR count). The number of carbonyl (C=O) groups is 1. The first-order valence-corrected chi connectivity index (χ1v) is 13.0. The van der Waals surface area contributed by atoms with Crippen molar-refractivity contribution < 1.29 is 36.5 Å². The van der Waals surface area contributed by atoms with Gasteiger partial charge in [0.2, 0.25) is 5.91 Å². The van der Waals surface area contributed by atoms with Crippen LogP contribution in [0.1, 0.15) is 12.0 Å². The molecule has 2 aromatic carbocycles. The summed E-state index contributed by atoms with van der Waals surface area (Å²) in [6.45, 7) is -1.46. The van der Waals surface area contributed by atoms with Gasteiger partial charge in [0.15, 0.2) is 18.1 Å². The SMILES string of the molecule is COc1cc2c(Nc3ccc(C=CC(=O)NC4CCS(O)(O)C4)cc3)ncnc2cc1OCC(F)(F)F. The highest BCUT2D eigenvalue weighted by atomic mass is 32.3. The lowest BCUT2D eigenvalue weighted by Gasteiger charge is -2.25. The Morgan fingerprint density at radius 2 is 1.95 bits per heavy atom. The van der Waals surface area contributed by atoms with Gasteiger partial charge in [0.25, 0.3) is 0 Å². The van der Waals surface area contributed by atoms with Crippen molar-refractivity contribution in [1.82, 2.24) is 15.3 Å². The Balaban J connectivity index is 1.43. The summed E-state index contributed by atoms with van der Waals surface area (Å²) in [5, 5.41) is 6.43. The van der Waals surface area contributed by atoms with Crippen LogP contribution in [0.25, 0.3) is 17.0 Å². The van der Waals surface area contributed by atoms with Crippen LogP contribution in [0.4, 0.5) is 24.7 Å². The number of benzene rings is 2. The normalized spacial score (nSPS) is 18.1. The predicted molar refractivity (Wildman–Crippen MR) is 136 cm³/mol. The number of hydrogen-bond acceptors (Lipinski definition) is 8. The second-order valence-electron chi connectivity index (χ2n) is 8.39. The topological polar surface area (TPSA) is 126 Å². The number of halogens is 3. The molecule has 0 saturated carbocycles. The minimum atomic E-state index is -4.49. The molecular formula is C24H25F3N4O5S. The Labute approximate surface area is 212 Å². The number of amides is 1. The van der Waals surface area contributed by atoms with Crippen molar-refractivity contribution in [1.29, 1.82) is 0 Å². The van der Waals surface area contributed by atoms with Gasteiger partial charge in [0.1, 0.15) is 12.1 Å². The molecule has 37 heavy (non-hydrogen) atoms. The molecule has 0 spiro atoms. The van der Waals surface area contributed by atoms with Crippen molar-refractivity contribution in [2.45, 2.75) is 18.6 Å². The van der Waals surface area contributed by atoms with Crippen LogP contribution in [0.2, 0.25) is 0 Å². The van der Waals surface area contributed by atoms with Gasteiger partial charge >= 0.3 is 6.18 Å². The van der Waals surface area contributed by atoms with Gasteiger partial charge in [-0.15, -0.1) is 0 Å². The minimum Gasteiger partial charge on any atom is -0.493 e. The Bertz CT molecular complexity index is 1300. The number of alkyl halides is 3. The van der Waals surface area contributed by atoms with E-state index in [0.717, 1.165) is 5.56 Å². The second-order valence-corrected chi connectivity index (χ2v) is 10.7. The predicted octanol–water partition coefficient (Wildman–Crippen LogP) is 4.98. The molecular weight excluding hydrogens is 513 g/mol. The Morgan fingerprint density at radius 3 is 2.59 bits per heavy atom. The van der Waals surface area contributed by atoms with Crippen LogP contribution in [0.3, 0.4) is 0 Å². The molecule has 0 aliphatic carbocycles. The van der Waals surface area contributed by atoms with E-state index < -0.39 is 23.4 Å². The zero-order valence-corrected chi connectivity index (χ0v) is 20.5. The van der Waals surface area contributed by atoms with Crippen LogP contribution in [0.15, 0.2) is 48.8 Å². The lowest BCUT2D eigenvalue weighted by atomic mass is 10.1. The summed E-state index contributed by atoms with van der Waals surface area (Å²) in [5.41, 5.74) is 1.80. The minimum absolute atomic E-state index is 0.0848. The molecule has 198 valence electrons. The number of carbonyl (C=O) groups excluding carboxylic acids is 1. The summed E-state index contributed by atoms with van der Waals surface area (Å²) >= 11 is 0. The highest BCUT2D eigenvalue weighted by molar-refractivity contribution is 8.24. The van der Waals surface area contributed by atoms with Crippen LogP contribution in [0, 0.1) is 0 Å². The second kappa shape index (κ2) is 10.8. The van der Waals surface area contributed by atoms with E-state index in [9.17, 15) is 27.1 Å². The maximum absolute atomic E-state index is 12.6. The Hall–Kier alpha value is -3.55. The van der Waals surface area contributed by atoms with E-state index >= 15 is 0 Å². The van der Waals surface area contributed by atoms with Gasteiger partial charge in [-0.3, -0.25) is 13.9 Å². The third kappa shape index (κ3) is 7.24. The summed E-state index contributed by atoms with van der Waals surface area (Å²) in [5.74, 6) is 0.602. The highest BCUT2D eigenvalue weighted by Gasteiger charge is 2.30.